The summed E-state index contributed by atoms with van der Waals surface area (Å²) in [6.07, 6.45) is 0.225. The molecule has 17 heavy (non-hydrogen) atoms. The van der Waals surface area contributed by atoms with Crippen molar-refractivity contribution in [3.63, 3.8) is 0 Å². The number of hydrogen-bond donors (Lipinski definition) is 1. The molecule has 0 unspecified atom stereocenters. The summed E-state index contributed by atoms with van der Waals surface area (Å²) < 4.78 is 18.5. The summed E-state index contributed by atoms with van der Waals surface area (Å²) in [6, 6.07) is 4.46. The molecule has 0 spiro atoms. The van der Waals surface area contributed by atoms with E-state index in [0.29, 0.717) is 17.3 Å². The molecule has 0 bridgehead atoms. The van der Waals surface area contributed by atoms with Gasteiger partial charge >= 0.3 is 0 Å². The fourth-order valence-electron chi connectivity index (χ4n) is 1.38. The van der Waals surface area contributed by atoms with Crippen molar-refractivity contribution in [3.8, 4) is 0 Å². The van der Waals surface area contributed by atoms with Crippen molar-refractivity contribution in [2.24, 2.45) is 5.73 Å². The molecule has 0 saturated heterocycles. The standard InChI is InChI=1S/C11H11ClFN3O/c1-6(14)11-15-9(16-17-11)5-7-3-2-4-8(12)10(7)13/h2-4,6H,5,14H2,1H3/t6-/m0/s1. The average Bonchev–Trinajstić information content (AvgIpc) is 2.73. The third kappa shape index (κ3) is 2.62. The van der Waals surface area contributed by atoms with Gasteiger partial charge in [-0.05, 0) is 18.6 Å². The van der Waals surface area contributed by atoms with Gasteiger partial charge in [-0.2, -0.15) is 4.98 Å². The van der Waals surface area contributed by atoms with E-state index in [1.807, 2.05) is 0 Å². The van der Waals surface area contributed by atoms with Crippen molar-refractivity contribution in [1.29, 1.82) is 0 Å². The van der Waals surface area contributed by atoms with Gasteiger partial charge in [0.25, 0.3) is 0 Å². The highest BCUT2D eigenvalue weighted by molar-refractivity contribution is 6.30. The van der Waals surface area contributed by atoms with Crippen LogP contribution >= 0.6 is 11.6 Å². The first-order valence-corrected chi connectivity index (χ1v) is 5.46. The molecule has 0 radical (unpaired) electrons. The maximum Gasteiger partial charge on any atom is 0.243 e. The summed E-state index contributed by atoms with van der Waals surface area (Å²) in [6.45, 7) is 1.73. The fraction of sp³-hybridized carbons (Fsp3) is 0.273. The first kappa shape index (κ1) is 12.0. The number of nitrogens with two attached hydrogens (primary N) is 1. The molecule has 2 N–H and O–H groups in total. The highest BCUT2D eigenvalue weighted by atomic mass is 35.5. The fourth-order valence-corrected chi connectivity index (χ4v) is 1.57. The Morgan fingerprint density at radius 3 is 2.94 bits per heavy atom. The van der Waals surface area contributed by atoms with Gasteiger partial charge in [-0.15, -0.1) is 0 Å². The lowest BCUT2D eigenvalue weighted by Crippen LogP contribution is -2.05. The van der Waals surface area contributed by atoms with Crippen LogP contribution in [-0.4, -0.2) is 10.1 Å². The highest BCUT2D eigenvalue weighted by Crippen LogP contribution is 2.20. The quantitative estimate of drug-likeness (QED) is 0.915. The number of rotatable bonds is 3. The molecule has 90 valence electrons. The first-order chi connectivity index (χ1) is 8.08. The summed E-state index contributed by atoms with van der Waals surface area (Å²) >= 11 is 5.68. The molecule has 0 aliphatic heterocycles. The summed E-state index contributed by atoms with van der Waals surface area (Å²) in [5.74, 6) is 0.266. The molecular formula is C11H11ClFN3O. The van der Waals surface area contributed by atoms with Crippen LogP contribution in [0, 0.1) is 5.82 Å². The summed E-state index contributed by atoms with van der Waals surface area (Å²) in [5.41, 5.74) is 6.01. The Labute approximate surface area is 103 Å². The van der Waals surface area contributed by atoms with Crippen molar-refractivity contribution in [3.05, 3.63) is 46.3 Å². The Hall–Kier alpha value is -1.46. The second kappa shape index (κ2) is 4.81. The SMILES string of the molecule is C[C@H](N)c1nc(Cc2cccc(Cl)c2F)no1. The minimum atomic E-state index is -0.457. The zero-order valence-corrected chi connectivity index (χ0v) is 9.91. The van der Waals surface area contributed by atoms with Gasteiger partial charge in [0.15, 0.2) is 5.82 Å². The molecule has 2 aromatic rings. The van der Waals surface area contributed by atoms with Gasteiger partial charge in [-0.1, -0.05) is 28.9 Å². The minimum absolute atomic E-state index is 0.0819. The largest absolute Gasteiger partial charge is 0.338 e. The molecule has 6 heteroatoms. The van der Waals surface area contributed by atoms with E-state index < -0.39 is 5.82 Å². The highest BCUT2D eigenvalue weighted by Gasteiger charge is 2.13. The van der Waals surface area contributed by atoms with Gasteiger partial charge in [-0.25, -0.2) is 4.39 Å². The van der Waals surface area contributed by atoms with E-state index in [9.17, 15) is 4.39 Å². The van der Waals surface area contributed by atoms with Gasteiger partial charge in [0.1, 0.15) is 5.82 Å². The Morgan fingerprint density at radius 1 is 1.53 bits per heavy atom. The summed E-state index contributed by atoms with van der Waals surface area (Å²) in [7, 11) is 0. The van der Waals surface area contributed by atoms with Crippen molar-refractivity contribution in [2.45, 2.75) is 19.4 Å². The van der Waals surface area contributed by atoms with Crippen LogP contribution in [0.4, 0.5) is 4.39 Å². The predicted octanol–water partition coefficient (Wildman–Crippen LogP) is 2.47. The van der Waals surface area contributed by atoms with Crippen LogP contribution in [0.25, 0.3) is 0 Å². The number of halogens is 2. The Morgan fingerprint density at radius 2 is 2.29 bits per heavy atom. The van der Waals surface area contributed by atoms with E-state index >= 15 is 0 Å². The van der Waals surface area contributed by atoms with E-state index in [1.165, 1.54) is 6.07 Å². The van der Waals surface area contributed by atoms with Crippen LogP contribution < -0.4 is 5.73 Å². The van der Waals surface area contributed by atoms with Crippen LogP contribution in [0.2, 0.25) is 5.02 Å². The van der Waals surface area contributed by atoms with Gasteiger partial charge in [0.2, 0.25) is 5.89 Å². The van der Waals surface area contributed by atoms with Gasteiger partial charge in [0, 0.05) is 6.42 Å². The Bertz CT molecular complexity index is 527. The van der Waals surface area contributed by atoms with E-state index in [-0.39, 0.29) is 17.5 Å². The lowest BCUT2D eigenvalue weighted by atomic mass is 10.1. The number of aromatic nitrogens is 2. The molecule has 0 saturated carbocycles. The van der Waals surface area contributed by atoms with Crippen LogP contribution in [-0.2, 0) is 6.42 Å². The molecule has 1 aromatic carbocycles. The van der Waals surface area contributed by atoms with Crippen LogP contribution in [0.1, 0.15) is 30.2 Å². The molecule has 0 aliphatic carbocycles. The minimum Gasteiger partial charge on any atom is -0.338 e. The molecule has 0 aliphatic rings. The van der Waals surface area contributed by atoms with Crippen molar-refractivity contribution in [1.82, 2.24) is 10.1 Å². The molecule has 2 rings (SSSR count). The van der Waals surface area contributed by atoms with Crippen LogP contribution in [0.5, 0.6) is 0 Å². The van der Waals surface area contributed by atoms with Gasteiger partial charge in [-0.3, -0.25) is 0 Å². The Kier molecular flexibility index (Phi) is 3.40. The van der Waals surface area contributed by atoms with Gasteiger partial charge in [0.05, 0.1) is 11.1 Å². The van der Waals surface area contributed by atoms with E-state index in [2.05, 4.69) is 10.1 Å². The van der Waals surface area contributed by atoms with E-state index in [0.717, 1.165) is 0 Å². The molecule has 1 atom stereocenters. The topological polar surface area (TPSA) is 64.9 Å². The maximum atomic E-state index is 13.6. The van der Waals surface area contributed by atoms with E-state index in [1.54, 1.807) is 19.1 Å². The Balaban J connectivity index is 2.22. The van der Waals surface area contributed by atoms with Crippen LogP contribution in [0.15, 0.2) is 22.7 Å². The number of nitrogens with zero attached hydrogens (tertiary/aromatic N) is 2. The molecule has 1 heterocycles. The molecule has 0 amide bonds. The molecular weight excluding hydrogens is 245 g/mol. The normalized spacial score (nSPS) is 12.7. The monoisotopic (exact) mass is 255 g/mol. The zero-order chi connectivity index (χ0) is 12.4. The summed E-state index contributed by atoms with van der Waals surface area (Å²) in [4.78, 5) is 4.06. The molecule has 0 fully saturated rings. The van der Waals surface area contributed by atoms with E-state index in [4.69, 9.17) is 21.9 Å². The molecule has 4 nitrogen and oxygen atoms in total. The lowest BCUT2D eigenvalue weighted by Gasteiger charge is -2.00. The summed E-state index contributed by atoms with van der Waals surface area (Å²) in [5, 5.41) is 3.81. The van der Waals surface area contributed by atoms with Crippen molar-refractivity contribution < 1.29 is 8.91 Å². The molecule has 1 aromatic heterocycles. The van der Waals surface area contributed by atoms with Gasteiger partial charge < -0.3 is 10.3 Å². The first-order valence-electron chi connectivity index (χ1n) is 5.09. The third-order valence-corrected chi connectivity index (χ3v) is 2.55. The van der Waals surface area contributed by atoms with Crippen molar-refractivity contribution >= 4 is 11.6 Å². The lowest BCUT2D eigenvalue weighted by molar-refractivity contribution is 0.357. The maximum absolute atomic E-state index is 13.6. The smallest absolute Gasteiger partial charge is 0.243 e. The third-order valence-electron chi connectivity index (χ3n) is 2.25. The second-order valence-electron chi connectivity index (χ2n) is 3.73. The van der Waals surface area contributed by atoms with Crippen LogP contribution in [0.3, 0.4) is 0 Å². The van der Waals surface area contributed by atoms with Crippen molar-refractivity contribution in [2.75, 3.05) is 0 Å². The second-order valence-corrected chi connectivity index (χ2v) is 4.13. The number of benzene rings is 1. The average molecular weight is 256 g/mol. The number of hydrogen-bond acceptors (Lipinski definition) is 4. The zero-order valence-electron chi connectivity index (χ0n) is 9.15. The predicted molar refractivity (Wildman–Crippen MR) is 61.1 cm³/mol.